The summed E-state index contributed by atoms with van der Waals surface area (Å²) in [6.45, 7) is 0. The Balaban J connectivity index is 2.11. The predicted molar refractivity (Wildman–Crippen MR) is 64.7 cm³/mol. The molecular weight excluding hydrogens is 276 g/mol. The first-order chi connectivity index (χ1) is 7.29. The van der Waals surface area contributed by atoms with Crippen molar-refractivity contribution >= 4 is 33.6 Å². The van der Waals surface area contributed by atoms with Crippen molar-refractivity contribution in [1.82, 2.24) is 0 Å². The molecule has 0 unspecified atom stereocenters. The van der Waals surface area contributed by atoms with Crippen molar-refractivity contribution in [3.05, 3.63) is 39.4 Å². The van der Waals surface area contributed by atoms with Gasteiger partial charge in [-0.25, -0.2) is 0 Å². The second kappa shape index (κ2) is 4.77. The van der Waals surface area contributed by atoms with Crippen LogP contribution in [0.25, 0.3) is 0 Å². The number of aldehydes is 1. The molecule has 1 aromatic rings. The number of thiophene rings is 1. The van der Waals surface area contributed by atoms with E-state index in [2.05, 4.69) is 22.0 Å². The number of halogens is 1. The molecule has 1 aromatic heterocycles. The predicted octanol–water partition coefficient (Wildman–Crippen LogP) is 3.90. The van der Waals surface area contributed by atoms with Gasteiger partial charge in [0.15, 0.2) is 11.3 Å². The first-order valence-electron chi connectivity index (χ1n) is 4.58. The van der Waals surface area contributed by atoms with E-state index in [9.17, 15) is 4.79 Å². The van der Waals surface area contributed by atoms with E-state index >= 15 is 0 Å². The summed E-state index contributed by atoms with van der Waals surface area (Å²) in [5, 5.41) is 0.746. The Bertz CT molecular complexity index is 432. The molecule has 0 aliphatic heterocycles. The van der Waals surface area contributed by atoms with Gasteiger partial charge in [-0.15, -0.1) is 0 Å². The third-order valence-electron chi connectivity index (χ3n) is 1.98. The summed E-state index contributed by atoms with van der Waals surface area (Å²) in [4.78, 5) is 11.2. The Morgan fingerprint density at radius 1 is 1.33 bits per heavy atom. The number of carbonyl (C=O) groups excluding carboxylic acids is 1. The number of hydrogen-bond donors (Lipinski definition) is 0. The molecule has 1 aliphatic carbocycles. The molecule has 15 heavy (non-hydrogen) atoms. The minimum atomic E-state index is 0.682. The van der Waals surface area contributed by atoms with Crippen molar-refractivity contribution in [3.63, 3.8) is 0 Å². The van der Waals surface area contributed by atoms with E-state index in [0.717, 1.165) is 34.4 Å². The first kappa shape index (κ1) is 10.6. The van der Waals surface area contributed by atoms with Crippen LogP contribution in [0.5, 0.6) is 5.06 Å². The van der Waals surface area contributed by atoms with Gasteiger partial charge in [0.25, 0.3) is 0 Å². The highest BCUT2D eigenvalue weighted by atomic mass is 79.9. The van der Waals surface area contributed by atoms with E-state index in [1.54, 1.807) is 6.07 Å². The Hall–Kier alpha value is -0.870. The van der Waals surface area contributed by atoms with Gasteiger partial charge in [-0.05, 0) is 47.0 Å². The van der Waals surface area contributed by atoms with Crippen molar-refractivity contribution in [2.75, 3.05) is 0 Å². The lowest BCUT2D eigenvalue weighted by atomic mass is 10.2. The van der Waals surface area contributed by atoms with Crippen LogP contribution in [0.3, 0.4) is 0 Å². The molecule has 0 spiro atoms. The Morgan fingerprint density at radius 3 is 2.80 bits per heavy atom. The monoisotopic (exact) mass is 284 g/mol. The fraction of sp³-hybridized carbons (Fsp3) is 0.182. The van der Waals surface area contributed by atoms with Gasteiger partial charge >= 0.3 is 0 Å². The van der Waals surface area contributed by atoms with Crippen LogP contribution in [-0.4, -0.2) is 6.29 Å². The minimum Gasteiger partial charge on any atom is -0.446 e. The lowest BCUT2D eigenvalue weighted by Crippen LogP contribution is -1.97. The third kappa shape index (κ3) is 2.58. The molecule has 0 bridgehead atoms. The molecule has 0 atom stereocenters. The Labute approximate surface area is 100 Å². The summed E-state index contributed by atoms with van der Waals surface area (Å²) < 4.78 is 6.64. The molecule has 1 heterocycles. The average molecular weight is 285 g/mol. The smallest absolute Gasteiger partial charge is 0.181 e. The minimum absolute atomic E-state index is 0.682. The molecule has 0 aromatic carbocycles. The maximum atomic E-state index is 10.5. The van der Waals surface area contributed by atoms with Crippen LogP contribution < -0.4 is 4.74 Å². The topological polar surface area (TPSA) is 26.3 Å². The van der Waals surface area contributed by atoms with Crippen LogP contribution in [0.1, 0.15) is 22.5 Å². The average Bonchev–Trinajstić information content (AvgIpc) is 2.69. The summed E-state index contributed by atoms with van der Waals surface area (Å²) >= 11 is 4.79. The summed E-state index contributed by atoms with van der Waals surface area (Å²) in [6.07, 6.45) is 7.00. The molecule has 0 N–H and O–H groups in total. The van der Waals surface area contributed by atoms with Crippen molar-refractivity contribution in [3.8, 4) is 5.06 Å². The Morgan fingerprint density at radius 2 is 2.13 bits per heavy atom. The quantitative estimate of drug-likeness (QED) is 0.787. The van der Waals surface area contributed by atoms with Crippen molar-refractivity contribution in [2.24, 2.45) is 0 Å². The lowest BCUT2D eigenvalue weighted by Gasteiger charge is -2.10. The fourth-order valence-corrected chi connectivity index (χ4v) is 2.43. The molecule has 1 aliphatic rings. The van der Waals surface area contributed by atoms with Gasteiger partial charge in [-0.1, -0.05) is 17.4 Å². The van der Waals surface area contributed by atoms with Crippen LogP contribution in [0.4, 0.5) is 0 Å². The van der Waals surface area contributed by atoms with Crippen LogP contribution in [-0.2, 0) is 0 Å². The zero-order chi connectivity index (χ0) is 10.7. The first-order valence-corrected chi connectivity index (χ1v) is 6.19. The second-order valence-corrected chi connectivity index (χ2v) is 5.01. The van der Waals surface area contributed by atoms with E-state index in [1.165, 1.54) is 11.3 Å². The van der Waals surface area contributed by atoms with Crippen molar-refractivity contribution < 1.29 is 9.53 Å². The Kier molecular flexibility index (Phi) is 3.38. The number of hydrogen-bond acceptors (Lipinski definition) is 3. The van der Waals surface area contributed by atoms with Gasteiger partial charge in [-0.2, -0.15) is 0 Å². The molecule has 0 saturated heterocycles. The molecule has 2 rings (SSSR count). The van der Waals surface area contributed by atoms with Crippen molar-refractivity contribution in [1.29, 1.82) is 0 Å². The molecule has 0 saturated carbocycles. The SMILES string of the molecule is O=Cc1ccc(OC2=CCCC=C2Br)s1. The summed E-state index contributed by atoms with van der Waals surface area (Å²) in [5.74, 6) is 0.834. The fourth-order valence-electron chi connectivity index (χ4n) is 1.27. The lowest BCUT2D eigenvalue weighted by molar-refractivity contribution is 0.112. The number of rotatable bonds is 3. The number of ether oxygens (including phenoxy) is 1. The van der Waals surface area contributed by atoms with Crippen LogP contribution >= 0.6 is 27.3 Å². The van der Waals surface area contributed by atoms with Crippen molar-refractivity contribution in [2.45, 2.75) is 12.8 Å². The zero-order valence-corrected chi connectivity index (χ0v) is 10.3. The van der Waals surface area contributed by atoms with Gasteiger partial charge in [0.2, 0.25) is 0 Å². The molecule has 78 valence electrons. The maximum absolute atomic E-state index is 10.5. The summed E-state index contributed by atoms with van der Waals surface area (Å²) in [6, 6.07) is 3.57. The van der Waals surface area contributed by atoms with Gasteiger partial charge in [0.1, 0.15) is 5.76 Å². The summed E-state index contributed by atoms with van der Waals surface area (Å²) in [5.41, 5.74) is 0. The third-order valence-corrected chi connectivity index (χ3v) is 3.59. The molecule has 0 radical (unpaired) electrons. The van der Waals surface area contributed by atoms with E-state index in [4.69, 9.17) is 4.74 Å². The van der Waals surface area contributed by atoms with Gasteiger partial charge < -0.3 is 4.74 Å². The standard InChI is InChI=1S/C11H9BrO2S/c12-9-3-1-2-4-10(9)14-11-6-5-8(7-13)15-11/h3-7H,1-2H2. The number of allylic oxidation sites excluding steroid dienone is 3. The van der Waals surface area contributed by atoms with E-state index < -0.39 is 0 Å². The number of carbonyl (C=O) groups is 1. The largest absolute Gasteiger partial charge is 0.446 e. The zero-order valence-electron chi connectivity index (χ0n) is 7.90. The molecule has 0 amide bonds. The van der Waals surface area contributed by atoms with Crippen LogP contribution in [0.15, 0.2) is 34.5 Å². The molecule has 2 nitrogen and oxygen atoms in total. The van der Waals surface area contributed by atoms with Crippen LogP contribution in [0.2, 0.25) is 0 Å². The van der Waals surface area contributed by atoms with E-state index in [1.807, 2.05) is 12.1 Å². The maximum Gasteiger partial charge on any atom is 0.181 e. The molecule has 4 heteroatoms. The normalized spacial score (nSPS) is 15.5. The van der Waals surface area contributed by atoms with E-state index in [0.29, 0.717) is 4.88 Å². The highest BCUT2D eigenvalue weighted by Crippen LogP contribution is 2.30. The van der Waals surface area contributed by atoms with E-state index in [-0.39, 0.29) is 0 Å². The molecule has 0 fully saturated rings. The van der Waals surface area contributed by atoms with Crippen LogP contribution in [0, 0.1) is 0 Å². The highest BCUT2D eigenvalue weighted by molar-refractivity contribution is 9.11. The second-order valence-electron chi connectivity index (χ2n) is 3.07. The van der Waals surface area contributed by atoms with Gasteiger partial charge in [0, 0.05) is 0 Å². The molecular formula is C11H9BrO2S. The highest BCUT2D eigenvalue weighted by Gasteiger charge is 2.09. The summed E-state index contributed by atoms with van der Waals surface area (Å²) in [7, 11) is 0. The van der Waals surface area contributed by atoms with Gasteiger partial charge in [-0.3, -0.25) is 4.79 Å². The van der Waals surface area contributed by atoms with Gasteiger partial charge in [0.05, 0.1) is 9.36 Å².